The standard InChI is InChI=1S/C15H22N2O2/c1-11(12-5-3-7-14(9-12)19-2)17-15(18)13-6-4-8-16-10-13/h3,5,7,9,11,13,16H,4,6,8,10H2,1-2H3,(H,17,18)/t11?,13-/m0/s1. The fourth-order valence-corrected chi connectivity index (χ4v) is 2.40. The van der Waals surface area contributed by atoms with Crippen LogP contribution in [0.15, 0.2) is 24.3 Å². The first kappa shape index (κ1) is 13.9. The number of rotatable bonds is 4. The third-order valence-electron chi connectivity index (χ3n) is 3.62. The van der Waals surface area contributed by atoms with Gasteiger partial charge in [-0.2, -0.15) is 0 Å². The van der Waals surface area contributed by atoms with Gasteiger partial charge in [0.15, 0.2) is 0 Å². The van der Waals surface area contributed by atoms with E-state index < -0.39 is 0 Å². The normalized spacial score (nSPS) is 20.6. The van der Waals surface area contributed by atoms with Gasteiger partial charge in [-0.05, 0) is 44.0 Å². The van der Waals surface area contributed by atoms with E-state index in [1.54, 1.807) is 7.11 Å². The van der Waals surface area contributed by atoms with Crippen molar-refractivity contribution in [3.8, 4) is 5.75 Å². The van der Waals surface area contributed by atoms with Crippen molar-refractivity contribution in [3.63, 3.8) is 0 Å². The number of amides is 1. The van der Waals surface area contributed by atoms with E-state index in [1.807, 2.05) is 31.2 Å². The predicted octanol–water partition coefficient (Wildman–Crippen LogP) is 1.87. The number of piperidine rings is 1. The number of ether oxygens (including phenoxy) is 1. The van der Waals surface area contributed by atoms with E-state index in [-0.39, 0.29) is 17.9 Å². The molecule has 1 aromatic rings. The maximum atomic E-state index is 12.2. The topological polar surface area (TPSA) is 50.4 Å². The van der Waals surface area contributed by atoms with Gasteiger partial charge in [0.2, 0.25) is 5.91 Å². The molecule has 1 aliphatic rings. The number of hydrogen-bond donors (Lipinski definition) is 2. The van der Waals surface area contributed by atoms with Crippen molar-refractivity contribution < 1.29 is 9.53 Å². The van der Waals surface area contributed by atoms with Crippen LogP contribution >= 0.6 is 0 Å². The summed E-state index contributed by atoms with van der Waals surface area (Å²) in [6, 6.07) is 7.82. The molecule has 1 amide bonds. The van der Waals surface area contributed by atoms with Gasteiger partial charge in [-0.15, -0.1) is 0 Å². The second-order valence-electron chi connectivity index (χ2n) is 5.05. The van der Waals surface area contributed by atoms with Crippen LogP contribution in [0.5, 0.6) is 5.75 Å². The molecule has 2 atom stereocenters. The molecule has 0 spiro atoms. The second kappa shape index (κ2) is 6.57. The summed E-state index contributed by atoms with van der Waals surface area (Å²) in [6.07, 6.45) is 2.05. The molecular formula is C15H22N2O2. The zero-order valence-corrected chi connectivity index (χ0v) is 11.6. The van der Waals surface area contributed by atoms with E-state index in [0.29, 0.717) is 0 Å². The predicted molar refractivity (Wildman–Crippen MR) is 75.1 cm³/mol. The summed E-state index contributed by atoms with van der Waals surface area (Å²) < 4.78 is 5.20. The van der Waals surface area contributed by atoms with Crippen molar-refractivity contribution in [2.24, 2.45) is 5.92 Å². The van der Waals surface area contributed by atoms with Crippen LogP contribution in [-0.2, 0) is 4.79 Å². The number of carbonyl (C=O) groups excluding carboxylic acids is 1. The highest BCUT2D eigenvalue weighted by molar-refractivity contribution is 5.79. The third-order valence-corrected chi connectivity index (χ3v) is 3.62. The van der Waals surface area contributed by atoms with E-state index in [0.717, 1.165) is 37.2 Å². The first-order valence-corrected chi connectivity index (χ1v) is 6.85. The molecule has 0 bridgehead atoms. The Morgan fingerprint density at radius 1 is 1.53 bits per heavy atom. The smallest absolute Gasteiger partial charge is 0.224 e. The number of methoxy groups -OCH3 is 1. The van der Waals surface area contributed by atoms with Crippen LogP contribution in [0.4, 0.5) is 0 Å². The molecule has 104 valence electrons. The van der Waals surface area contributed by atoms with Crippen LogP contribution < -0.4 is 15.4 Å². The summed E-state index contributed by atoms with van der Waals surface area (Å²) in [5.41, 5.74) is 1.07. The monoisotopic (exact) mass is 262 g/mol. The first-order chi connectivity index (χ1) is 9.20. The van der Waals surface area contributed by atoms with Crippen LogP contribution in [0.25, 0.3) is 0 Å². The Balaban J connectivity index is 1.95. The minimum atomic E-state index is 0.00419. The largest absolute Gasteiger partial charge is 0.497 e. The second-order valence-corrected chi connectivity index (χ2v) is 5.05. The molecule has 0 radical (unpaired) electrons. The summed E-state index contributed by atoms with van der Waals surface area (Å²) in [4.78, 5) is 12.2. The third kappa shape index (κ3) is 3.70. The molecule has 0 saturated carbocycles. The van der Waals surface area contributed by atoms with Gasteiger partial charge in [0.05, 0.1) is 19.1 Å². The molecule has 19 heavy (non-hydrogen) atoms. The molecule has 1 saturated heterocycles. The number of benzene rings is 1. The summed E-state index contributed by atoms with van der Waals surface area (Å²) in [6.45, 7) is 3.81. The molecular weight excluding hydrogens is 240 g/mol. The molecule has 1 aromatic carbocycles. The van der Waals surface area contributed by atoms with Crippen LogP contribution in [-0.4, -0.2) is 26.1 Å². The highest BCUT2D eigenvalue weighted by Crippen LogP contribution is 2.20. The maximum Gasteiger partial charge on any atom is 0.224 e. The lowest BCUT2D eigenvalue weighted by molar-refractivity contribution is -0.126. The molecule has 1 fully saturated rings. The lowest BCUT2D eigenvalue weighted by Gasteiger charge is -2.24. The first-order valence-electron chi connectivity index (χ1n) is 6.85. The molecule has 1 heterocycles. The molecule has 0 aliphatic carbocycles. The Morgan fingerprint density at radius 3 is 3.05 bits per heavy atom. The van der Waals surface area contributed by atoms with Crippen molar-refractivity contribution in [1.82, 2.24) is 10.6 Å². The van der Waals surface area contributed by atoms with Crippen LogP contribution in [0.1, 0.15) is 31.4 Å². The van der Waals surface area contributed by atoms with Crippen molar-refractivity contribution >= 4 is 5.91 Å². The fourth-order valence-electron chi connectivity index (χ4n) is 2.40. The van der Waals surface area contributed by atoms with Gasteiger partial charge in [0.25, 0.3) is 0 Å². The van der Waals surface area contributed by atoms with Gasteiger partial charge >= 0.3 is 0 Å². The van der Waals surface area contributed by atoms with Gasteiger partial charge in [0.1, 0.15) is 5.75 Å². The molecule has 2 rings (SSSR count). The number of hydrogen-bond acceptors (Lipinski definition) is 3. The Labute approximate surface area is 114 Å². The van der Waals surface area contributed by atoms with Gasteiger partial charge < -0.3 is 15.4 Å². The Bertz CT molecular complexity index is 428. The van der Waals surface area contributed by atoms with E-state index >= 15 is 0 Å². The number of carbonyl (C=O) groups is 1. The van der Waals surface area contributed by atoms with E-state index in [4.69, 9.17) is 4.74 Å². The number of nitrogens with one attached hydrogen (secondary N) is 2. The lowest BCUT2D eigenvalue weighted by Crippen LogP contribution is -2.41. The molecule has 1 unspecified atom stereocenters. The molecule has 4 nitrogen and oxygen atoms in total. The molecule has 1 aliphatic heterocycles. The zero-order chi connectivity index (χ0) is 13.7. The van der Waals surface area contributed by atoms with E-state index in [2.05, 4.69) is 10.6 Å². The van der Waals surface area contributed by atoms with Gasteiger partial charge in [0, 0.05) is 6.54 Å². The zero-order valence-electron chi connectivity index (χ0n) is 11.6. The average Bonchev–Trinajstić information content (AvgIpc) is 2.48. The van der Waals surface area contributed by atoms with Crippen molar-refractivity contribution in [3.05, 3.63) is 29.8 Å². The minimum Gasteiger partial charge on any atom is -0.497 e. The summed E-state index contributed by atoms with van der Waals surface area (Å²) in [5, 5.41) is 6.35. The highest BCUT2D eigenvalue weighted by atomic mass is 16.5. The van der Waals surface area contributed by atoms with Gasteiger partial charge in [-0.3, -0.25) is 4.79 Å². The van der Waals surface area contributed by atoms with Crippen molar-refractivity contribution in [2.75, 3.05) is 20.2 Å². The van der Waals surface area contributed by atoms with Crippen molar-refractivity contribution in [1.29, 1.82) is 0 Å². The van der Waals surface area contributed by atoms with Crippen LogP contribution in [0, 0.1) is 5.92 Å². The molecule has 4 heteroatoms. The lowest BCUT2D eigenvalue weighted by atomic mass is 9.98. The summed E-state index contributed by atoms with van der Waals surface area (Å²) >= 11 is 0. The Kier molecular flexibility index (Phi) is 4.80. The van der Waals surface area contributed by atoms with Crippen LogP contribution in [0.3, 0.4) is 0 Å². The summed E-state index contributed by atoms with van der Waals surface area (Å²) in [5.74, 6) is 1.06. The Morgan fingerprint density at radius 2 is 2.37 bits per heavy atom. The maximum absolute atomic E-state index is 12.2. The Hall–Kier alpha value is -1.55. The molecule has 0 aromatic heterocycles. The molecule has 2 N–H and O–H groups in total. The van der Waals surface area contributed by atoms with E-state index in [1.165, 1.54) is 0 Å². The fraction of sp³-hybridized carbons (Fsp3) is 0.533. The van der Waals surface area contributed by atoms with Gasteiger partial charge in [-0.25, -0.2) is 0 Å². The quantitative estimate of drug-likeness (QED) is 0.871. The average molecular weight is 262 g/mol. The van der Waals surface area contributed by atoms with Crippen molar-refractivity contribution in [2.45, 2.75) is 25.8 Å². The van der Waals surface area contributed by atoms with Crippen LogP contribution in [0.2, 0.25) is 0 Å². The summed E-state index contributed by atoms with van der Waals surface area (Å²) in [7, 11) is 1.65. The SMILES string of the molecule is COc1cccc(C(C)NC(=O)[C@H]2CCCNC2)c1. The van der Waals surface area contributed by atoms with E-state index in [9.17, 15) is 4.79 Å². The highest BCUT2D eigenvalue weighted by Gasteiger charge is 2.22. The van der Waals surface area contributed by atoms with Gasteiger partial charge in [-0.1, -0.05) is 12.1 Å². The minimum absolute atomic E-state index is 0.00419.